The second-order valence-corrected chi connectivity index (χ2v) is 11.0. The molecule has 1 aliphatic heterocycles. The van der Waals surface area contributed by atoms with E-state index in [9.17, 15) is 22.8 Å². The highest BCUT2D eigenvalue weighted by molar-refractivity contribution is 6.07. The molecule has 0 aliphatic carbocycles. The molecule has 5 rings (SSSR count). The zero-order chi connectivity index (χ0) is 33.3. The summed E-state index contributed by atoms with van der Waals surface area (Å²) in [5.74, 6) is -2.66. The summed E-state index contributed by atoms with van der Waals surface area (Å²) >= 11 is 0. The fraction of sp³-hybridized carbons (Fsp3) is 0.324. The average Bonchev–Trinajstić information content (AvgIpc) is 3.49. The van der Waals surface area contributed by atoms with Crippen LogP contribution in [0.4, 0.5) is 13.2 Å². The van der Waals surface area contributed by atoms with Crippen molar-refractivity contribution in [3.05, 3.63) is 102 Å². The molecule has 1 N–H and O–H groups in total. The predicted molar refractivity (Wildman–Crippen MR) is 165 cm³/mol. The summed E-state index contributed by atoms with van der Waals surface area (Å²) in [5, 5.41) is 18.2. The van der Waals surface area contributed by atoms with Gasteiger partial charge in [-0.2, -0.15) is 18.4 Å². The van der Waals surface area contributed by atoms with Crippen LogP contribution in [0.2, 0.25) is 0 Å². The minimum absolute atomic E-state index is 0.0139. The lowest BCUT2D eigenvalue weighted by Gasteiger charge is -2.42. The zero-order valence-corrected chi connectivity index (χ0v) is 25.3. The van der Waals surface area contributed by atoms with Crippen LogP contribution in [0.1, 0.15) is 53.4 Å². The van der Waals surface area contributed by atoms with Gasteiger partial charge in [0.05, 0.1) is 24.4 Å². The fourth-order valence-electron chi connectivity index (χ4n) is 5.41. The number of carbonyl (C=O) groups is 3. The maximum Gasteiger partial charge on any atom is 0.490 e. The number of nitrogens with zero attached hydrogens (tertiary/aromatic N) is 5. The Morgan fingerprint density at radius 1 is 1.02 bits per heavy atom. The van der Waals surface area contributed by atoms with Crippen molar-refractivity contribution < 1.29 is 32.7 Å². The number of halogens is 3. The minimum atomic E-state index is -5.08. The van der Waals surface area contributed by atoms with E-state index in [0.29, 0.717) is 37.3 Å². The Balaban J connectivity index is 0.000000617. The molecule has 4 aromatic rings. The van der Waals surface area contributed by atoms with Gasteiger partial charge >= 0.3 is 12.1 Å². The Hall–Kier alpha value is -5.18. The third kappa shape index (κ3) is 8.50. The number of fused-ring (bicyclic) bond motifs is 1. The van der Waals surface area contributed by atoms with E-state index in [1.54, 1.807) is 24.7 Å². The smallest absolute Gasteiger partial charge is 0.475 e. The lowest BCUT2D eigenvalue weighted by Crippen LogP contribution is -2.57. The van der Waals surface area contributed by atoms with Gasteiger partial charge in [0.2, 0.25) is 5.91 Å². The first kappa shape index (κ1) is 33.7. The van der Waals surface area contributed by atoms with Gasteiger partial charge in [0.25, 0.3) is 5.91 Å². The number of unbranched alkanes of at least 4 members (excludes halogenated alkanes) is 1. The number of aromatic nitrogens is 2. The van der Waals surface area contributed by atoms with Crippen molar-refractivity contribution in [2.24, 2.45) is 0 Å². The van der Waals surface area contributed by atoms with Crippen molar-refractivity contribution in [3.63, 3.8) is 0 Å². The molecule has 1 fully saturated rings. The highest BCUT2D eigenvalue weighted by Gasteiger charge is 2.38. The third-order valence-electron chi connectivity index (χ3n) is 7.81. The Labute approximate surface area is 264 Å². The molecule has 3 aromatic carbocycles. The Morgan fingerprint density at radius 2 is 1.72 bits per heavy atom. The van der Waals surface area contributed by atoms with Crippen molar-refractivity contribution >= 4 is 28.6 Å². The van der Waals surface area contributed by atoms with Crippen LogP contribution in [0.25, 0.3) is 10.8 Å². The Morgan fingerprint density at radius 3 is 2.39 bits per heavy atom. The summed E-state index contributed by atoms with van der Waals surface area (Å²) in [7, 11) is 0. The molecule has 0 bridgehead atoms. The molecular formula is C34H34F3N5O4. The summed E-state index contributed by atoms with van der Waals surface area (Å²) < 4.78 is 33.7. The van der Waals surface area contributed by atoms with Gasteiger partial charge in [-0.05, 0) is 41.0 Å². The largest absolute Gasteiger partial charge is 0.490 e. The Bertz CT molecular complexity index is 1710. The number of carboxylic acids is 1. The highest BCUT2D eigenvalue weighted by Crippen LogP contribution is 2.24. The van der Waals surface area contributed by atoms with Crippen molar-refractivity contribution in [2.45, 2.75) is 51.4 Å². The van der Waals surface area contributed by atoms with Gasteiger partial charge in [0.15, 0.2) is 0 Å². The SMILES string of the molecule is CCCCC1CN(C(=O)c2cccc3ccccc23)CCN1C(=O)Cc1cncn1Cc1ccc(C#N)cc1.O=C(O)C(F)(F)F. The van der Waals surface area contributed by atoms with Gasteiger partial charge in [-0.15, -0.1) is 0 Å². The van der Waals surface area contributed by atoms with Crippen molar-refractivity contribution in [2.75, 3.05) is 19.6 Å². The molecule has 0 radical (unpaired) electrons. The molecule has 1 saturated heterocycles. The molecule has 2 heterocycles. The fourth-order valence-corrected chi connectivity index (χ4v) is 5.41. The predicted octanol–water partition coefficient (Wildman–Crippen LogP) is 5.68. The number of hydrogen-bond donors (Lipinski definition) is 1. The van der Waals surface area contributed by atoms with Crippen molar-refractivity contribution in [1.29, 1.82) is 5.26 Å². The number of benzene rings is 3. The first-order chi connectivity index (χ1) is 22.0. The molecule has 46 heavy (non-hydrogen) atoms. The number of imidazole rings is 1. The number of carboxylic acid groups (broad SMARTS) is 1. The van der Waals surface area contributed by atoms with E-state index < -0.39 is 12.1 Å². The van der Waals surface area contributed by atoms with Crippen LogP contribution in [-0.4, -0.2) is 74.1 Å². The number of piperazine rings is 1. The number of nitriles is 1. The normalized spacial score (nSPS) is 14.7. The van der Waals surface area contributed by atoms with Gasteiger partial charge in [-0.1, -0.05) is 68.3 Å². The van der Waals surface area contributed by atoms with Crippen LogP contribution in [0.5, 0.6) is 0 Å². The zero-order valence-electron chi connectivity index (χ0n) is 25.3. The first-order valence-electron chi connectivity index (χ1n) is 14.9. The molecule has 1 aliphatic rings. The topological polar surface area (TPSA) is 120 Å². The maximum atomic E-state index is 13.6. The molecule has 12 heteroatoms. The number of alkyl halides is 3. The molecular weight excluding hydrogens is 599 g/mol. The summed E-state index contributed by atoms with van der Waals surface area (Å²) in [5.41, 5.74) is 3.24. The van der Waals surface area contributed by atoms with Crippen LogP contribution in [0.15, 0.2) is 79.3 Å². The molecule has 1 aromatic heterocycles. The molecule has 1 unspecified atom stereocenters. The quantitative estimate of drug-likeness (QED) is 0.267. The van der Waals surface area contributed by atoms with E-state index in [1.807, 2.05) is 69.0 Å². The average molecular weight is 634 g/mol. The molecule has 1 atom stereocenters. The summed E-state index contributed by atoms with van der Waals surface area (Å²) in [6.07, 6.45) is 1.58. The van der Waals surface area contributed by atoms with Crippen LogP contribution in [0, 0.1) is 11.3 Å². The van der Waals surface area contributed by atoms with E-state index in [-0.39, 0.29) is 24.3 Å². The number of amides is 2. The second-order valence-electron chi connectivity index (χ2n) is 11.0. The van der Waals surface area contributed by atoms with Gasteiger partial charge in [-0.25, -0.2) is 9.78 Å². The highest BCUT2D eigenvalue weighted by atomic mass is 19.4. The lowest BCUT2D eigenvalue weighted by molar-refractivity contribution is -0.192. The number of rotatable bonds is 8. The summed E-state index contributed by atoms with van der Waals surface area (Å²) in [4.78, 5) is 44.3. The van der Waals surface area contributed by atoms with Crippen LogP contribution in [0.3, 0.4) is 0 Å². The van der Waals surface area contributed by atoms with E-state index in [4.69, 9.17) is 15.2 Å². The molecule has 9 nitrogen and oxygen atoms in total. The third-order valence-corrected chi connectivity index (χ3v) is 7.81. The van der Waals surface area contributed by atoms with Crippen LogP contribution >= 0.6 is 0 Å². The number of carbonyl (C=O) groups excluding carboxylic acids is 2. The van der Waals surface area contributed by atoms with Crippen LogP contribution in [-0.2, 0) is 22.6 Å². The van der Waals surface area contributed by atoms with E-state index >= 15 is 0 Å². The second kappa shape index (κ2) is 15.2. The van der Waals surface area contributed by atoms with Crippen LogP contribution < -0.4 is 0 Å². The van der Waals surface area contributed by atoms with Crippen molar-refractivity contribution in [3.8, 4) is 6.07 Å². The summed E-state index contributed by atoms with van der Waals surface area (Å²) in [6, 6.07) is 23.4. The van der Waals surface area contributed by atoms with Gasteiger partial charge in [0, 0.05) is 49.7 Å². The molecule has 240 valence electrons. The summed E-state index contributed by atoms with van der Waals surface area (Å²) in [6.45, 7) is 4.31. The van der Waals surface area contributed by atoms with Crippen molar-refractivity contribution in [1.82, 2.24) is 19.4 Å². The first-order valence-corrected chi connectivity index (χ1v) is 14.9. The standard InChI is InChI=1S/C32H33N5O2.C2HF3O2/c1-2-3-9-27-22-35(32(39)30-11-6-8-26-7-4-5-10-29(26)30)16-17-37(27)31(38)18-28-20-34-23-36(28)21-25-14-12-24(19-33)13-15-25;3-2(4,5)1(6)7/h4-8,10-15,20,23,27H,2-3,9,16-18,21-22H2,1H3;(H,6,7). The molecule has 0 saturated carbocycles. The van der Waals surface area contributed by atoms with E-state index in [0.717, 1.165) is 41.3 Å². The Kier molecular flexibility index (Phi) is 11.1. The molecule has 2 amide bonds. The lowest BCUT2D eigenvalue weighted by atomic mass is 10.0. The number of hydrogen-bond acceptors (Lipinski definition) is 5. The van der Waals surface area contributed by atoms with Gasteiger partial charge < -0.3 is 19.5 Å². The van der Waals surface area contributed by atoms with E-state index in [2.05, 4.69) is 18.0 Å². The van der Waals surface area contributed by atoms with Gasteiger partial charge in [-0.3, -0.25) is 9.59 Å². The maximum absolute atomic E-state index is 13.6. The minimum Gasteiger partial charge on any atom is -0.475 e. The van der Waals surface area contributed by atoms with E-state index in [1.165, 1.54) is 0 Å². The monoisotopic (exact) mass is 633 g/mol. The molecule has 0 spiro atoms. The number of aliphatic carboxylic acids is 1. The van der Waals surface area contributed by atoms with Gasteiger partial charge in [0.1, 0.15) is 0 Å².